The third-order valence-electron chi connectivity index (χ3n) is 4.02. The van der Waals surface area contributed by atoms with Gasteiger partial charge in [0, 0.05) is 14.1 Å². The smallest absolute Gasteiger partial charge is 0.252 e. The summed E-state index contributed by atoms with van der Waals surface area (Å²) in [5, 5.41) is 2.87. The lowest BCUT2D eigenvalue weighted by Crippen LogP contribution is -2.40. The van der Waals surface area contributed by atoms with Crippen molar-refractivity contribution < 1.29 is 22.7 Å². The third kappa shape index (κ3) is 4.18. The van der Waals surface area contributed by atoms with Crippen LogP contribution in [-0.2, 0) is 10.0 Å². The highest BCUT2D eigenvalue weighted by atomic mass is 35.5. The van der Waals surface area contributed by atoms with Gasteiger partial charge in [0.15, 0.2) is 11.5 Å². The number of carbonyl (C=O) groups excluding carboxylic acids is 1. The fourth-order valence-electron chi connectivity index (χ4n) is 2.52. The molecule has 0 aromatic heterocycles. The van der Waals surface area contributed by atoms with Gasteiger partial charge in [-0.15, -0.1) is 0 Å². The molecule has 1 amide bonds. The Morgan fingerprint density at radius 1 is 1.22 bits per heavy atom. The molecular formula is C18H19ClN2O5S. The lowest BCUT2D eigenvalue weighted by Gasteiger charge is -2.26. The lowest BCUT2D eigenvalue weighted by molar-refractivity contribution is 0.0789. The van der Waals surface area contributed by atoms with Crippen molar-refractivity contribution in [2.75, 3.05) is 27.2 Å². The van der Waals surface area contributed by atoms with Gasteiger partial charge in [0.1, 0.15) is 12.7 Å². The number of hydrogen-bond acceptors (Lipinski definition) is 5. The normalized spacial score (nSPS) is 16.2. The summed E-state index contributed by atoms with van der Waals surface area (Å²) in [6.45, 7) is 0.480. The van der Waals surface area contributed by atoms with Crippen LogP contribution in [0.1, 0.15) is 10.4 Å². The highest BCUT2D eigenvalue weighted by Gasteiger charge is 2.23. The maximum atomic E-state index is 12.5. The van der Waals surface area contributed by atoms with Crippen molar-refractivity contribution in [3.05, 3.63) is 53.1 Å². The van der Waals surface area contributed by atoms with Gasteiger partial charge in [0.05, 0.1) is 22.0 Å². The minimum Gasteiger partial charge on any atom is -0.486 e. The molecule has 0 fully saturated rings. The van der Waals surface area contributed by atoms with E-state index in [1.54, 1.807) is 12.1 Å². The molecule has 7 nitrogen and oxygen atoms in total. The van der Waals surface area contributed by atoms with E-state index in [4.69, 9.17) is 21.1 Å². The Labute approximate surface area is 162 Å². The number of nitrogens with one attached hydrogen (secondary N) is 1. The SMILES string of the molecule is CN(C)S(=O)(=O)c1ccc(Cl)c(C(=O)NC[C@H]2COc3ccccc3O2)c1. The summed E-state index contributed by atoms with van der Waals surface area (Å²) in [6.07, 6.45) is -0.365. The maximum Gasteiger partial charge on any atom is 0.252 e. The molecule has 0 spiro atoms. The van der Waals surface area contributed by atoms with Gasteiger partial charge in [-0.05, 0) is 30.3 Å². The zero-order valence-corrected chi connectivity index (χ0v) is 16.4. The van der Waals surface area contributed by atoms with Crippen LogP contribution < -0.4 is 14.8 Å². The van der Waals surface area contributed by atoms with Crippen LogP contribution in [0, 0.1) is 0 Å². The summed E-state index contributed by atoms with van der Waals surface area (Å²) < 4.78 is 37.0. The Morgan fingerprint density at radius 3 is 2.63 bits per heavy atom. The molecule has 1 atom stereocenters. The second-order valence-electron chi connectivity index (χ2n) is 6.14. The number of sulfonamides is 1. The number of carbonyl (C=O) groups is 1. The predicted octanol–water partition coefficient (Wildman–Crippen LogP) is 2.16. The molecule has 9 heteroatoms. The van der Waals surface area contributed by atoms with E-state index in [1.807, 2.05) is 12.1 Å². The van der Waals surface area contributed by atoms with Crippen LogP contribution in [0.2, 0.25) is 5.02 Å². The Morgan fingerprint density at radius 2 is 1.93 bits per heavy atom. The minimum absolute atomic E-state index is 0.00627. The number of hydrogen-bond donors (Lipinski definition) is 1. The number of ether oxygens (including phenoxy) is 2. The lowest BCUT2D eigenvalue weighted by atomic mass is 10.2. The molecule has 0 saturated heterocycles. The second kappa shape index (κ2) is 7.75. The molecule has 1 N–H and O–H groups in total. The number of halogens is 1. The van der Waals surface area contributed by atoms with Crippen LogP contribution in [0.4, 0.5) is 0 Å². The van der Waals surface area contributed by atoms with Gasteiger partial charge in [0.2, 0.25) is 10.0 Å². The van der Waals surface area contributed by atoms with Gasteiger partial charge < -0.3 is 14.8 Å². The van der Waals surface area contributed by atoms with Gasteiger partial charge >= 0.3 is 0 Å². The van der Waals surface area contributed by atoms with E-state index in [-0.39, 0.29) is 28.1 Å². The number of nitrogens with zero attached hydrogens (tertiary/aromatic N) is 1. The average Bonchev–Trinajstić information content (AvgIpc) is 2.66. The summed E-state index contributed by atoms with van der Waals surface area (Å²) in [4.78, 5) is 12.5. The fourth-order valence-corrected chi connectivity index (χ4v) is 3.65. The number of benzene rings is 2. The largest absolute Gasteiger partial charge is 0.486 e. The molecule has 0 saturated carbocycles. The first-order valence-corrected chi connectivity index (χ1v) is 9.99. The first-order chi connectivity index (χ1) is 12.8. The average molecular weight is 411 g/mol. The summed E-state index contributed by atoms with van der Waals surface area (Å²) in [5.74, 6) is 0.781. The fraction of sp³-hybridized carbons (Fsp3) is 0.278. The Bertz CT molecular complexity index is 962. The van der Waals surface area contributed by atoms with E-state index in [0.717, 1.165) is 4.31 Å². The molecule has 0 unspecified atom stereocenters. The van der Waals surface area contributed by atoms with Crippen LogP contribution in [0.5, 0.6) is 11.5 Å². The standard InChI is InChI=1S/C18H19ClN2O5S/c1-21(2)27(23,24)13-7-8-15(19)14(9-13)18(22)20-10-12-11-25-16-5-3-4-6-17(16)26-12/h3-9,12H,10-11H2,1-2H3,(H,20,22)/t12-/m0/s1. The van der Waals surface area contributed by atoms with Crippen LogP contribution in [0.25, 0.3) is 0 Å². The Balaban J connectivity index is 1.70. The van der Waals surface area contributed by atoms with Crippen molar-refractivity contribution >= 4 is 27.5 Å². The van der Waals surface area contributed by atoms with E-state index in [1.165, 1.54) is 32.3 Å². The highest BCUT2D eigenvalue weighted by molar-refractivity contribution is 7.89. The van der Waals surface area contributed by atoms with Gasteiger partial charge in [-0.2, -0.15) is 0 Å². The highest BCUT2D eigenvalue weighted by Crippen LogP contribution is 2.30. The summed E-state index contributed by atoms with van der Waals surface area (Å²) >= 11 is 6.08. The van der Waals surface area contributed by atoms with Crippen molar-refractivity contribution in [1.82, 2.24) is 9.62 Å². The topological polar surface area (TPSA) is 84.9 Å². The third-order valence-corrected chi connectivity index (χ3v) is 6.16. The van der Waals surface area contributed by atoms with Crippen molar-refractivity contribution in [1.29, 1.82) is 0 Å². The van der Waals surface area contributed by atoms with E-state index >= 15 is 0 Å². The summed E-state index contributed by atoms with van der Waals surface area (Å²) in [7, 11) is -0.831. The number of fused-ring (bicyclic) bond motifs is 1. The van der Waals surface area contributed by atoms with Gasteiger partial charge in [-0.3, -0.25) is 4.79 Å². The van der Waals surface area contributed by atoms with E-state index < -0.39 is 15.9 Å². The van der Waals surface area contributed by atoms with E-state index in [0.29, 0.717) is 18.1 Å². The van der Waals surface area contributed by atoms with Crippen LogP contribution >= 0.6 is 11.6 Å². The van der Waals surface area contributed by atoms with E-state index in [2.05, 4.69) is 5.32 Å². The van der Waals surface area contributed by atoms with Gasteiger partial charge in [0.25, 0.3) is 5.91 Å². The van der Waals surface area contributed by atoms with Crippen molar-refractivity contribution in [3.8, 4) is 11.5 Å². The van der Waals surface area contributed by atoms with Gasteiger partial charge in [-0.1, -0.05) is 23.7 Å². The maximum absolute atomic E-state index is 12.5. The molecule has 2 aromatic rings. The molecule has 144 valence electrons. The Kier molecular flexibility index (Phi) is 5.59. The monoisotopic (exact) mass is 410 g/mol. The van der Waals surface area contributed by atoms with Crippen molar-refractivity contribution in [2.45, 2.75) is 11.0 Å². The molecule has 0 aliphatic carbocycles. The number of rotatable bonds is 5. The van der Waals surface area contributed by atoms with Gasteiger partial charge in [-0.25, -0.2) is 12.7 Å². The molecular weight excluding hydrogens is 392 g/mol. The molecule has 27 heavy (non-hydrogen) atoms. The summed E-state index contributed by atoms with van der Waals surface area (Å²) in [5.41, 5.74) is 0.0803. The number of para-hydroxylation sites is 2. The first-order valence-electron chi connectivity index (χ1n) is 8.18. The molecule has 2 aromatic carbocycles. The minimum atomic E-state index is -3.67. The van der Waals surface area contributed by atoms with Crippen LogP contribution in [0.3, 0.4) is 0 Å². The number of amides is 1. The first kappa shape index (κ1) is 19.5. The quantitative estimate of drug-likeness (QED) is 0.816. The van der Waals surface area contributed by atoms with E-state index in [9.17, 15) is 13.2 Å². The van der Waals surface area contributed by atoms with Crippen molar-refractivity contribution in [3.63, 3.8) is 0 Å². The Hall–Kier alpha value is -2.29. The van der Waals surface area contributed by atoms with Crippen molar-refractivity contribution in [2.24, 2.45) is 0 Å². The second-order valence-corrected chi connectivity index (χ2v) is 8.70. The zero-order valence-electron chi connectivity index (χ0n) is 14.8. The molecule has 1 heterocycles. The molecule has 3 rings (SSSR count). The van der Waals surface area contributed by atoms with Crippen LogP contribution in [0.15, 0.2) is 47.4 Å². The summed E-state index contributed by atoms with van der Waals surface area (Å²) in [6, 6.07) is 11.3. The molecule has 1 aliphatic heterocycles. The molecule has 1 aliphatic rings. The molecule has 0 bridgehead atoms. The molecule has 0 radical (unpaired) electrons. The zero-order chi connectivity index (χ0) is 19.6. The van der Waals surface area contributed by atoms with Crippen LogP contribution in [-0.4, -0.2) is 52.0 Å². The predicted molar refractivity (Wildman–Crippen MR) is 101 cm³/mol.